The highest BCUT2D eigenvalue weighted by atomic mass is 15.4. The van der Waals surface area contributed by atoms with Gasteiger partial charge in [-0.05, 0) is 19.1 Å². The second kappa shape index (κ2) is 3.13. The fraction of sp³-hybridized carbons (Fsp3) is 0.200. The predicted molar refractivity (Wildman–Crippen MR) is 58.2 cm³/mol. The van der Waals surface area contributed by atoms with E-state index in [9.17, 15) is 0 Å². The summed E-state index contributed by atoms with van der Waals surface area (Å²) in [5.41, 5.74) is 2.80. The van der Waals surface area contributed by atoms with Crippen LogP contribution < -0.4 is 0 Å². The van der Waals surface area contributed by atoms with E-state index < -0.39 is 0 Å². The molecule has 0 atom stereocenters. The molecule has 6 nitrogen and oxygen atoms in total. The number of fused-ring (bicyclic) bond motifs is 1. The van der Waals surface area contributed by atoms with Crippen LogP contribution in [0.5, 0.6) is 0 Å². The molecule has 0 bridgehead atoms. The largest absolute Gasteiger partial charge is 0.283 e. The summed E-state index contributed by atoms with van der Waals surface area (Å²) in [7, 11) is 1.87. The Labute approximate surface area is 91.5 Å². The Kier molecular flexibility index (Phi) is 1.76. The zero-order chi connectivity index (χ0) is 11.1. The molecule has 1 aromatic carbocycles. The Morgan fingerprint density at radius 2 is 2.06 bits per heavy atom. The van der Waals surface area contributed by atoms with Crippen LogP contribution in [0, 0.1) is 6.92 Å². The Morgan fingerprint density at radius 1 is 1.19 bits per heavy atom. The number of aromatic nitrogens is 6. The fourth-order valence-corrected chi connectivity index (χ4v) is 1.77. The Bertz CT molecular complexity index is 650. The van der Waals surface area contributed by atoms with Gasteiger partial charge in [0.1, 0.15) is 17.7 Å². The molecule has 0 saturated heterocycles. The molecule has 3 aromatic rings. The number of rotatable bonds is 1. The van der Waals surface area contributed by atoms with E-state index in [4.69, 9.17) is 0 Å². The fourth-order valence-electron chi connectivity index (χ4n) is 1.77. The van der Waals surface area contributed by atoms with Crippen molar-refractivity contribution in [3.05, 3.63) is 30.4 Å². The molecule has 0 radical (unpaired) electrons. The average Bonchev–Trinajstić information content (AvgIpc) is 2.86. The first kappa shape index (κ1) is 9.02. The summed E-state index contributed by atoms with van der Waals surface area (Å²) in [5.74, 6) is 0.832. The van der Waals surface area contributed by atoms with Crippen LogP contribution in [0.4, 0.5) is 0 Å². The first-order chi connectivity index (χ1) is 7.77. The lowest BCUT2D eigenvalue weighted by Gasteiger charge is -2.03. The highest BCUT2D eigenvalue weighted by Gasteiger charge is 2.09. The molecule has 0 aliphatic heterocycles. The van der Waals surface area contributed by atoms with Crippen LogP contribution in [0.25, 0.3) is 16.7 Å². The average molecular weight is 214 g/mol. The van der Waals surface area contributed by atoms with Crippen molar-refractivity contribution in [3.63, 3.8) is 0 Å². The lowest BCUT2D eigenvalue weighted by molar-refractivity contribution is 0.736. The predicted octanol–water partition coefficient (Wildman–Crippen LogP) is 0.857. The first-order valence-electron chi connectivity index (χ1n) is 4.93. The minimum atomic E-state index is 0.832. The van der Waals surface area contributed by atoms with Gasteiger partial charge in [0, 0.05) is 7.05 Å². The van der Waals surface area contributed by atoms with Gasteiger partial charge in [-0.15, -0.1) is 15.3 Å². The molecule has 2 heterocycles. The van der Waals surface area contributed by atoms with Crippen molar-refractivity contribution in [2.45, 2.75) is 6.92 Å². The van der Waals surface area contributed by atoms with E-state index in [2.05, 4.69) is 20.5 Å². The molecule has 16 heavy (non-hydrogen) atoms. The molecule has 2 aromatic heterocycles. The highest BCUT2D eigenvalue weighted by molar-refractivity contribution is 5.83. The number of hydrogen-bond acceptors (Lipinski definition) is 4. The number of aryl methyl sites for hydroxylation is 2. The highest BCUT2D eigenvalue weighted by Crippen LogP contribution is 2.19. The summed E-state index contributed by atoms with van der Waals surface area (Å²) < 4.78 is 3.65. The summed E-state index contributed by atoms with van der Waals surface area (Å²) >= 11 is 0. The number of benzene rings is 1. The smallest absolute Gasteiger partial charge is 0.137 e. The van der Waals surface area contributed by atoms with E-state index in [0.717, 1.165) is 22.5 Å². The molecule has 0 unspecified atom stereocenters. The SMILES string of the molecule is Cc1nncn1-c1cccc2c1nnn2C. The van der Waals surface area contributed by atoms with Crippen molar-refractivity contribution in [2.24, 2.45) is 7.05 Å². The van der Waals surface area contributed by atoms with Crippen LogP contribution in [0.15, 0.2) is 24.5 Å². The molecule has 0 aliphatic rings. The molecule has 0 fully saturated rings. The van der Waals surface area contributed by atoms with E-state index in [1.807, 2.05) is 36.7 Å². The van der Waals surface area contributed by atoms with Crippen LogP contribution >= 0.6 is 0 Å². The van der Waals surface area contributed by atoms with Gasteiger partial charge in [-0.25, -0.2) is 4.68 Å². The zero-order valence-electron chi connectivity index (χ0n) is 8.99. The minimum Gasteiger partial charge on any atom is -0.283 e. The summed E-state index contributed by atoms with van der Waals surface area (Å²) in [6.45, 7) is 1.90. The van der Waals surface area contributed by atoms with E-state index >= 15 is 0 Å². The van der Waals surface area contributed by atoms with Crippen molar-refractivity contribution in [2.75, 3.05) is 0 Å². The summed E-state index contributed by atoms with van der Waals surface area (Å²) in [5, 5.41) is 16.0. The van der Waals surface area contributed by atoms with Gasteiger partial charge in [0.15, 0.2) is 0 Å². The Morgan fingerprint density at radius 3 is 2.81 bits per heavy atom. The number of nitrogens with zero attached hydrogens (tertiary/aromatic N) is 6. The van der Waals surface area contributed by atoms with Gasteiger partial charge >= 0.3 is 0 Å². The van der Waals surface area contributed by atoms with Gasteiger partial charge in [-0.2, -0.15) is 0 Å². The minimum absolute atomic E-state index is 0.832. The van der Waals surface area contributed by atoms with Crippen LogP contribution in [0.2, 0.25) is 0 Å². The van der Waals surface area contributed by atoms with Crippen LogP contribution in [-0.4, -0.2) is 29.8 Å². The summed E-state index contributed by atoms with van der Waals surface area (Å²) in [6.07, 6.45) is 1.68. The maximum Gasteiger partial charge on any atom is 0.137 e. The molecule has 3 rings (SSSR count). The topological polar surface area (TPSA) is 61.4 Å². The molecule has 0 aliphatic carbocycles. The first-order valence-corrected chi connectivity index (χ1v) is 4.93. The molecule has 80 valence electrons. The van der Waals surface area contributed by atoms with E-state index in [-0.39, 0.29) is 0 Å². The van der Waals surface area contributed by atoms with Crippen LogP contribution in [0.3, 0.4) is 0 Å². The second-order valence-electron chi connectivity index (χ2n) is 3.61. The molecule has 6 heteroatoms. The van der Waals surface area contributed by atoms with Crippen molar-refractivity contribution < 1.29 is 0 Å². The van der Waals surface area contributed by atoms with Crippen molar-refractivity contribution in [1.29, 1.82) is 0 Å². The van der Waals surface area contributed by atoms with Gasteiger partial charge in [-0.3, -0.25) is 4.57 Å². The van der Waals surface area contributed by atoms with Crippen LogP contribution in [0.1, 0.15) is 5.82 Å². The van der Waals surface area contributed by atoms with Gasteiger partial charge in [0.05, 0.1) is 11.2 Å². The standard InChI is InChI=1S/C10H10N6/c1-7-12-11-6-16(7)9-5-3-4-8-10(9)13-14-15(8)2/h3-6H,1-2H3. The molecule has 0 amide bonds. The second-order valence-corrected chi connectivity index (χ2v) is 3.61. The van der Waals surface area contributed by atoms with E-state index in [0.29, 0.717) is 0 Å². The lowest BCUT2D eigenvalue weighted by Crippen LogP contribution is -1.96. The number of hydrogen-bond donors (Lipinski definition) is 0. The van der Waals surface area contributed by atoms with Gasteiger partial charge in [0.25, 0.3) is 0 Å². The lowest BCUT2D eigenvalue weighted by atomic mass is 10.2. The monoisotopic (exact) mass is 214 g/mol. The summed E-state index contributed by atoms with van der Waals surface area (Å²) in [4.78, 5) is 0. The zero-order valence-corrected chi connectivity index (χ0v) is 8.99. The molecular weight excluding hydrogens is 204 g/mol. The third-order valence-electron chi connectivity index (χ3n) is 2.60. The molecule has 0 spiro atoms. The van der Waals surface area contributed by atoms with Crippen molar-refractivity contribution in [3.8, 4) is 5.69 Å². The van der Waals surface area contributed by atoms with Gasteiger partial charge < -0.3 is 0 Å². The van der Waals surface area contributed by atoms with Crippen molar-refractivity contribution >= 4 is 11.0 Å². The van der Waals surface area contributed by atoms with Gasteiger partial charge in [0.2, 0.25) is 0 Å². The van der Waals surface area contributed by atoms with Crippen LogP contribution in [-0.2, 0) is 7.05 Å². The quantitative estimate of drug-likeness (QED) is 0.602. The third kappa shape index (κ3) is 1.13. The molecule has 0 N–H and O–H groups in total. The third-order valence-corrected chi connectivity index (χ3v) is 2.60. The Balaban J connectivity index is 2.36. The van der Waals surface area contributed by atoms with E-state index in [1.54, 1.807) is 11.0 Å². The Hall–Kier alpha value is -2.24. The maximum atomic E-state index is 4.15. The normalized spacial score (nSPS) is 11.1. The molecular formula is C10H10N6. The maximum absolute atomic E-state index is 4.15. The molecule has 0 saturated carbocycles. The van der Waals surface area contributed by atoms with E-state index in [1.165, 1.54) is 0 Å². The summed E-state index contributed by atoms with van der Waals surface area (Å²) in [6, 6.07) is 5.94. The van der Waals surface area contributed by atoms with Crippen molar-refractivity contribution in [1.82, 2.24) is 29.8 Å². The van der Waals surface area contributed by atoms with Gasteiger partial charge in [-0.1, -0.05) is 11.3 Å².